The van der Waals surface area contributed by atoms with Gasteiger partial charge in [-0.1, -0.05) is 109 Å². The monoisotopic (exact) mass is 680 g/mol. The topological polar surface area (TPSA) is 113 Å². The minimum absolute atomic E-state index is 0.0648. The summed E-state index contributed by atoms with van der Waals surface area (Å²) in [5, 5.41) is 6.51. The second-order valence-electron chi connectivity index (χ2n) is 13.4. The van der Waals surface area contributed by atoms with Crippen LogP contribution in [-0.2, 0) is 27.9 Å². The summed E-state index contributed by atoms with van der Waals surface area (Å²) in [7, 11) is 0. The van der Waals surface area contributed by atoms with Crippen molar-refractivity contribution in [2.24, 2.45) is 4.99 Å². The number of carbonyl (C=O) groups is 2. The van der Waals surface area contributed by atoms with Crippen LogP contribution in [0.2, 0.25) is 0 Å². The molecule has 0 bridgehead atoms. The Hall–Kier alpha value is -5.96. The lowest BCUT2D eigenvalue weighted by Gasteiger charge is -2.37. The number of benzene rings is 4. The van der Waals surface area contributed by atoms with Crippen molar-refractivity contribution < 1.29 is 14.3 Å². The van der Waals surface area contributed by atoms with Crippen molar-refractivity contribution in [3.05, 3.63) is 162 Å². The molecule has 0 aliphatic heterocycles. The van der Waals surface area contributed by atoms with E-state index in [4.69, 9.17) is 9.72 Å². The van der Waals surface area contributed by atoms with Crippen LogP contribution in [0, 0.1) is 0 Å². The highest BCUT2D eigenvalue weighted by atomic mass is 16.6. The van der Waals surface area contributed by atoms with Gasteiger partial charge in [0.2, 0.25) is 11.9 Å². The summed E-state index contributed by atoms with van der Waals surface area (Å²) >= 11 is 0. The average molecular weight is 681 g/mol. The summed E-state index contributed by atoms with van der Waals surface area (Å²) in [6.45, 7) is 5.70. The van der Waals surface area contributed by atoms with Gasteiger partial charge in [0.05, 0.1) is 12.0 Å². The Morgan fingerprint density at radius 1 is 0.784 bits per heavy atom. The fraction of sp³-hybridized carbons (Fsp3) is 0.238. The number of hydrogen-bond donors (Lipinski definition) is 3. The molecule has 0 saturated heterocycles. The summed E-state index contributed by atoms with van der Waals surface area (Å²) in [5.41, 5.74) is 4.99. The van der Waals surface area contributed by atoms with Crippen LogP contribution in [0.1, 0.15) is 61.6 Å². The van der Waals surface area contributed by atoms with Crippen LogP contribution in [0.3, 0.4) is 0 Å². The van der Waals surface area contributed by atoms with Crippen molar-refractivity contribution >= 4 is 28.9 Å². The Bertz CT molecular complexity index is 1980. The van der Waals surface area contributed by atoms with Crippen LogP contribution in [0.15, 0.2) is 139 Å². The van der Waals surface area contributed by atoms with Gasteiger partial charge in [-0.2, -0.15) is 0 Å². The number of aryl methyl sites for hydroxylation is 2. The molecule has 6 rings (SSSR count). The van der Waals surface area contributed by atoms with E-state index in [0.29, 0.717) is 25.8 Å². The van der Waals surface area contributed by atoms with Crippen molar-refractivity contribution in [1.29, 1.82) is 0 Å². The highest BCUT2D eigenvalue weighted by molar-refractivity contribution is 6.03. The largest absolute Gasteiger partial charge is 0.444 e. The van der Waals surface area contributed by atoms with E-state index in [1.807, 2.05) is 55.0 Å². The maximum Gasteiger partial charge on any atom is 0.414 e. The molecular weight excluding hydrogens is 637 g/mol. The minimum atomic E-state index is -0.707. The number of nitrogens with one attached hydrogen (secondary N) is 3. The molecule has 0 fully saturated rings. The molecular formula is C42H44N6O3. The maximum absolute atomic E-state index is 13.0. The molecule has 2 heterocycles. The zero-order valence-corrected chi connectivity index (χ0v) is 29.3. The molecule has 0 radical (unpaired) electrons. The molecule has 2 aromatic heterocycles. The number of rotatable bonds is 11. The van der Waals surface area contributed by atoms with E-state index >= 15 is 0 Å². The van der Waals surface area contributed by atoms with Crippen LogP contribution < -0.4 is 10.6 Å². The fourth-order valence-electron chi connectivity index (χ4n) is 6.40. The molecule has 260 valence electrons. The molecule has 0 spiro atoms. The highest BCUT2D eigenvalue weighted by Crippen LogP contribution is 2.40. The number of para-hydroxylation sites is 1. The van der Waals surface area contributed by atoms with Crippen molar-refractivity contribution in [3.8, 4) is 0 Å². The smallest absolute Gasteiger partial charge is 0.414 e. The Balaban J connectivity index is 1.18. The van der Waals surface area contributed by atoms with Crippen molar-refractivity contribution in [3.63, 3.8) is 0 Å². The second kappa shape index (κ2) is 15.7. The van der Waals surface area contributed by atoms with Gasteiger partial charge < -0.3 is 14.3 Å². The first-order valence-corrected chi connectivity index (χ1v) is 17.3. The maximum atomic E-state index is 13.0. The van der Waals surface area contributed by atoms with E-state index in [1.54, 1.807) is 20.8 Å². The number of ether oxygens (including phenoxy) is 1. The summed E-state index contributed by atoms with van der Waals surface area (Å²) in [6.07, 6.45) is 7.27. The Morgan fingerprint density at radius 3 is 1.98 bits per heavy atom. The van der Waals surface area contributed by atoms with Gasteiger partial charge in [0.1, 0.15) is 11.1 Å². The molecule has 0 aliphatic rings. The standard InChI is InChI=1S/C42H44N6O3/c1-41(2,3)51-40(50)47-39(46-38(49)26-25-31-28-44-37-24-14-13-23-36(31)37)43-27-15-22-35-29-48(30-45-35)42(32-16-7-4-8-17-32,33-18-9-5-10-19-33)34-20-11-6-12-21-34/h4-14,16-21,23-24,28-30,44H,15,22,25-27H2,1-3H3,(H2,43,46,47,49,50). The summed E-state index contributed by atoms with van der Waals surface area (Å²) in [4.78, 5) is 38.4. The summed E-state index contributed by atoms with van der Waals surface area (Å²) in [6, 6.07) is 39.4. The fourth-order valence-corrected chi connectivity index (χ4v) is 6.40. The lowest BCUT2D eigenvalue weighted by Crippen LogP contribution is -2.46. The highest BCUT2D eigenvalue weighted by Gasteiger charge is 2.38. The van der Waals surface area contributed by atoms with E-state index in [1.165, 1.54) is 0 Å². The van der Waals surface area contributed by atoms with E-state index < -0.39 is 17.2 Å². The number of carbonyl (C=O) groups excluding carboxylic acids is 2. The van der Waals surface area contributed by atoms with Crippen LogP contribution in [-0.4, -0.2) is 44.6 Å². The van der Waals surface area contributed by atoms with Gasteiger partial charge in [0.15, 0.2) is 0 Å². The predicted molar refractivity (Wildman–Crippen MR) is 202 cm³/mol. The number of amides is 2. The van der Waals surface area contributed by atoms with E-state index in [2.05, 4.69) is 104 Å². The van der Waals surface area contributed by atoms with Crippen LogP contribution in [0.25, 0.3) is 10.9 Å². The lowest BCUT2D eigenvalue weighted by atomic mass is 9.77. The molecule has 9 heteroatoms. The zero-order chi connectivity index (χ0) is 35.7. The molecule has 6 aromatic rings. The normalized spacial score (nSPS) is 12.1. The molecule has 4 aromatic carbocycles. The Morgan fingerprint density at radius 2 is 1.37 bits per heavy atom. The van der Waals surface area contributed by atoms with E-state index in [9.17, 15) is 9.59 Å². The molecule has 9 nitrogen and oxygen atoms in total. The average Bonchev–Trinajstić information content (AvgIpc) is 3.78. The molecule has 3 N–H and O–H groups in total. The van der Waals surface area contributed by atoms with Gasteiger partial charge in [0, 0.05) is 36.3 Å². The van der Waals surface area contributed by atoms with E-state index in [-0.39, 0.29) is 18.3 Å². The molecule has 0 aliphatic carbocycles. The number of aromatic nitrogens is 3. The lowest BCUT2D eigenvalue weighted by molar-refractivity contribution is -0.119. The molecule has 0 unspecified atom stereocenters. The van der Waals surface area contributed by atoms with Gasteiger partial charge in [-0.05, 0) is 68.4 Å². The number of fused-ring (bicyclic) bond motifs is 1. The zero-order valence-electron chi connectivity index (χ0n) is 29.3. The molecule has 0 saturated carbocycles. The Labute approximate surface area is 298 Å². The number of nitrogens with zero attached hydrogens (tertiary/aromatic N) is 3. The van der Waals surface area contributed by atoms with Gasteiger partial charge in [-0.25, -0.2) is 9.78 Å². The first-order valence-electron chi connectivity index (χ1n) is 17.3. The number of aromatic amines is 1. The molecule has 0 atom stereocenters. The number of imidazole rings is 1. The van der Waals surface area contributed by atoms with Gasteiger partial charge in [-0.3, -0.25) is 20.4 Å². The summed E-state index contributed by atoms with van der Waals surface area (Å²) in [5.74, 6) is -0.192. The second-order valence-corrected chi connectivity index (χ2v) is 13.4. The van der Waals surface area contributed by atoms with Crippen LogP contribution in [0.4, 0.5) is 4.79 Å². The van der Waals surface area contributed by atoms with Gasteiger partial charge >= 0.3 is 6.09 Å². The number of guanidine groups is 1. The Kier molecular flexibility index (Phi) is 10.8. The van der Waals surface area contributed by atoms with Crippen LogP contribution >= 0.6 is 0 Å². The van der Waals surface area contributed by atoms with Crippen molar-refractivity contribution in [2.45, 2.75) is 57.6 Å². The first-order chi connectivity index (χ1) is 24.7. The third kappa shape index (κ3) is 8.44. The minimum Gasteiger partial charge on any atom is -0.444 e. The third-order valence-electron chi connectivity index (χ3n) is 8.63. The van der Waals surface area contributed by atoms with Gasteiger partial charge in [0.25, 0.3) is 0 Å². The van der Waals surface area contributed by atoms with Crippen molar-refractivity contribution in [2.75, 3.05) is 6.54 Å². The quantitative estimate of drug-likeness (QED) is 0.0562. The predicted octanol–water partition coefficient (Wildman–Crippen LogP) is 7.77. The number of H-pyrrole nitrogens is 1. The SMILES string of the molecule is CC(C)(C)OC(=O)NC(=NCCCc1cn(C(c2ccccc2)(c2ccccc2)c2ccccc2)cn1)NC(=O)CCc1c[nH]c2ccccc12. The number of alkyl carbamates (subject to hydrolysis) is 1. The van der Waals surface area contributed by atoms with Crippen molar-refractivity contribution in [1.82, 2.24) is 25.2 Å². The van der Waals surface area contributed by atoms with Gasteiger partial charge in [-0.15, -0.1) is 0 Å². The van der Waals surface area contributed by atoms with Crippen LogP contribution in [0.5, 0.6) is 0 Å². The van der Waals surface area contributed by atoms with E-state index in [0.717, 1.165) is 38.9 Å². The third-order valence-corrected chi connectivity index (χ3v) is 8.63. The molecule has 2 amide bonds. The molecule has 51 heavy (non-hydrogen) atoms. The number of hydrogen-bond acceptors (Lipinski definition) is 5. The first kappa shape index (κ1) is 34.9. The number of aliphatic imine (C=N–C) groups is 1. The summed E-state index contributed by atoms with van der Waals surface area (Å²) < 4.78 is 7.63.